The van der Waals surface area contributed by atoms with E-state index >= 15 is 0 Å². The number of halogens is 1. The molecule has 1 amide bonds. The minimum absolute atomic E-state index is 0. The van der Waals surface area contributed by atoms with E-state index in [9.17, 15) is 9.90 Å². The smallest absolute Gasteiger partial charge is 0.254 e. The average molecular weight is 323 g/mol. The van der Waals surface area contributed by atoms with Crippen LogP contribution in [0.5, 0.6) is 0 Å². The Morgan fingerprint density at radius 1 is 1.23 bits per heavy atom. The molecule has 1 aromatic carbocycles. The summed E-state index contributed by atoms with van der Waals surface area (Å²) in [6.07, 6.45) is 5.42. The second-order valence-electron chi connectivity index (χ2n) is 6.58. The summed E-state index contributed by atoms with van der Waals surface area (Å²) in [5.41, 5.74) is 3.17. The van der Waals surface area contributed by atoms with Crippen LogP contribution in [0.4, 0.5) is 5.69 Å². The molecule has 1 aromatic rings. The number of amides is 1. The zero-order valence-corrected chi connectivity index (χ0v) is 13.4. The molecular formula is C17H23ClN2O2. The normalized spacial score (nSPS) is 29.3. The minimum atomic E-state index is -0.224. The molecule has 120 valence electrons. The van der Waals surface area contributed by atoms with E-state index in [2.05, 4.69) is 16.3 Å². The molecule has 5 heteroatoms. The number of benzene rings is 1. The van der Waals surface area contributed by atoms with Crippen LogP contribution in [0.2, 0.25) is 0 Å². The van der Waals surface area contributed by atoms with E-state index in [1.54, 1.807) is 0 Å². The van der Waals surface area contributed by atoms with Crippen molar-refractivity contribution in [1.29, 1.82) is 0 Å². The molecule has 0 aromatic heterocycles. The predicted molar refractivity (Wildman–Crippen MR) is 88.7 cm³/mol. The first-order chi connectivity index (χ1) is 10.2. The lowest BCUT2D eigenvalue weighted by molar-refractivity contribution is 0.0286. The standard InChI is InChI=1S/C17H22N2O2.ClH/c20-13-9-11-6-7-12(10-13)19(11)17(21)15-3-1-5-16-14(15)4-2-8-18-16;/h1,3,5,11-13,18,20H,2,4,6-10H2;1H. The van der Waals surface area contributed by atoms with Crippen LogP contribution < -0.4 is 5.32 Å². The predicted octanol–water partition coefficient (Wildman–Crippen LogP) is 2.59. The van der Waals surface area contributed by atoms with E-state index in [0.717, 1.165) is 56.3 Å². The van der Waals surface area contributed by atoms with Gasteiger partial charge in [-0.05, 0) is 56.2 Å². The van der Waals surface area contributed by atoms with Crippen molar-refractivity contribution in [2.45, 2.75) is 56.7 Å². The van der Waals surface area contributed by atoms with Gasteiger partial charge >= 0.3 is 0 Å². The molecule has 0 radical (unpaired) electrons. The van der Waals surface area contributed by atoms with Crippen molar-refractivity contribution in [1.82, 2.24) is 4.90 Å². The Kier molecular flexibility index (Phi) is 4.33. The van der Waals surface area contributed by atoms with Gasteiger partial charge in [0.2, 0.25) is 0 Å². The van der Waals surface area contributed by atoms with Gasteiger partial charge in [-0.2, -0.15) is 0 Å². The maximum absolute atomic E-state index is 13.1. The van der Waals surface area contributed by atoms with Gasteiger partial charge in [-0.15, -0.1) is 12.4 Å². The molecule has 22 heavy (non-hydrogen) atoms. The molecule has 2 N–H and O–H groups in total. The molecule has 2 bridgehead atoms. The number of hydrogen-bond donors (Lipinski definition) is 2. The average Bonchev–Trinajstić information content (AvgIpc) is 2.78. The summed E-state index contributed by atoms with van der Waals surface area (Å²) in [5, 5.41) is 13.3. The highest BCUT2D eigenvalue weighted by Gasteiger charge is 2.43. The second kappa shape index (κ2) is 6.09. The molecule has 4 rings (SSSR count). The fraction of sp³-hybridized carbons (Fsp3) is 0.588. The summed E-state index contributed by atoms with van der Waals surface area (Å²) in [4.78, 5) is 15.1. The summed E-state index contributed by atoms with van der Waals surface area (Å²) < 4.78 is 0. The van der Waals surface area contributed by atoms with Gasteiger partial charge in [0.15, 0.2) is 0 Å². The van der Waals surface area contributed by atoms with E-state index in [-0.39, 0.29) is 36.5 Å². The molecule has 2 atom stereocenters. The third-order valence-corrected chi connectivity index (χ3v) is 5.27. The van der Waals surface area contributed by atoms with Crippen LogP contribution in [0.3, 0.4) is 0 Å². The highest BCUT2D eigenvalue weighted by molar-refractivity contribution is 5.98. The van der Waals surface area contributed by atoms with E-state index in [1.165, 1.54) is 5.56 Å². The highest BCUT2D eigenvalue weighted by atomic mass is 35.5. The minimum Gasteiger partial charge on any atom is -0.393 e. The quantitative estimate of drug-likeness (QED) is 0.835. The number of nitrogens with one attached hydrogen (secondary N) is 1. The molecular weight excluding hydrogens is 300 g/mol. The summed E-state index contributed by atoms with van der Waals surface area (Å²) in [6.45, 7) is 0.992. The second-order valence-corrected chi connectivity index (χ2v) is 6.58. The molecule has 3 aliphatic rings. The lowest BCUT2D eigenvalue weighted by Crippen LogP contribution is -2.48. The zero-order chi connectivity index (χ0) is 14.4. The number of fused-ring (bicyclic) bond motifs is 3. The van der Waals surface area contributed by atoms with Crippen LogP contribution in [0.15, 0.2) is 18.2 Å². The van der Waals surface area contributed by atoms with Crippen molar-refractivity contribution in [3.05, 3.63) is 29.3 Å². The molecule has 0 spiro atoms. The van der Waals surface area contributed by atoms with Gasteiger partial charge in [0, 0.05) is 29.9 Å². The van der Waals surface area contributed by atoms with Gasteiger partial charge in [-0.3, -0.25) is 4.79 Å². The van der Waals surface area contributed by atoms with Gasteiger partial charge in [0.05, 0.1) is 6.10 Å². The van der Waals surface area contributed by atoms with E-state index in [0.29, 0.717) is 0 Å². The number of hydrogen-bond acceptors (Lipinski definition) is 3. The van der Waals surface area contributed by atoms with Gasteiger partial charge in [0.25, 0.3) is 5.91 Å². The summed E-state index contributed by atoms with van der Waals surface area (Å²) in [7, 11) is 0. The molecule has 4 nitrogen and oxygen atoms in total. The Morgan fingerprint density at radius 3 is 2.68 bits per heavy atom. The van der Waals surface area contributed by atoms with E-state index in [4.69, 9.17) is 0 Å². The maximum Gasteiger partial charge on any atom is 0.254 e. The van der Waals surface area contributed by atoms with Crippen LogP contribution >= 0.6 is 12.4 Å². The largest absolute Gasteiger partial charge is 0.393 e. The lowest BCUT2D eigenvalue weighted by Gasteiger charge is -2.38. The van der Waals surface area contributed by atoms with Crippen LogP contribution in [-0.2, 0) is 6.42 Å². The summed E-state index contributed by atoms with van der Waals surface area (Å²) in [6, 6.07) is 6.49. The number of carbonyl (C=O) groups excluding carboxylic acids is 1. The van der Waals surface area contributed by atoms with Crippen molar-refractivity contribution in [2.24, 2.45) is 0 Å². The number of anilines is 1. The topological polar surface area (TPSA) is 52.6 Å². The molecule has 0 saturated carbocycles. The SMILES string of the molecule is Cl.O=C(c1cccc2c1CCCN2)N1C2CCC1CC(O)C2. The number of nitrogens with zero attached hydrogens (tertiary/aromatic N) is 1. The Bertz CT molecular complexity index is 564. The Morgan fingerprint density at radius 2 is 1.95 bits per heavy atom. The van der Waals surface area contributed by atoms with Crippen molar-refractivity contribution < 1.29 is 9.90 Å². The molecule has 0 aliphatic carbocycles. The van der Waals surface area contributed by atoms with Crippen LogP contribution in [0.1, 0.15) is 48.0 Å². The number of aliphatic hydroxyl groups is 1. The van der Waals surface area contributed by atoms with Crippen LogP contribution in [-0.4, -0.2) is 40.6 Å². The van der Waals surface area contributed by atoms with Crippen molar-refractivity contribution >= 4 is 24.0 Å². The zero-order valence-electron chi connectivity index (χ0n) is 12.6. The van der Waals surface area contributed by atoms with Gasteiger partial charge in [-0.25, -0.2) is 0 Å². The van der Waals surface area contributed by atoms with Crippen LogP contribution in [0.25, 0.3) is 0 Å². The Labute approximate surface area is 137 Å². The first-order valence-corrected chi connectivity index (χ1v) is 8.10. The number of aliphatic hydroxyl groups excluding tert-OH is 1. The fourth-order valence-corrected chi connectivity index (χ4v) is 4.33. The van der Waals surface area contributed by atoms with E-state index in [1.807, 2.05) is 12.1 Å². The lowest BCUT2D eigenvalue weighted by atomic mass is 9.94. The molecule has 3 heterocycles. The van der Waals surface area contributed by atoms with Crippen LogP contribution in [0, 0.1) is 0 Å². The first kappa shape index (κ1) is 15.6. The Hall–Kier alpha value is -1.26. The van der Waals surface area contributed by atoms with Gasteiger partial charge in [-0.1, -0.05) is 6.07 Å². The molecule has 2 fully saturated rings. The Balaban J connectivity index is 0.00000144. The van der Waals surface area contributed by atoms with Gasteiger partial charge in [0.1, 0.15) is 0 Å². The number of piperidine rings is 1. The van der Waals surface area contributed by atoms with E-state index < -0.39 is 0 Å². The first-order valence-electron chi connectivity index (χ1n) is 8.10. The molecule has 3 aliphatic heterocycles. The van der Waals surface area contributed by atoms with Crippen molar-refractivity contribution in [3.63, 3.8) is 0 Å². The summed E-state index contributed by atoms with van der Waals surface area (Å²) >= 11 is 0. The molecule has 2 unspecified atom stereocenters. The van der Waals surface area contributed by atoms with Crippen molar-refractivity contribution in [3.8, 4) is 0 Å². The third kappa shape index (κ3) is 2.48. The van der Waals surface area contributed by atoms with Crippen molar-refractivity contribution in [2.75, 3.05) is 11.9 Å². The van der Waals surface area contributed by atoms with Gasteiger partial charge < -0.3 is 15.3 Å². The maximum atomic E-state index is 13.1. The fourth-order valence-electron chi connectivity index (χ4n) is 4.33. The number of rotatable bonds is 1. The number of carbonyl (C=O) groups is 1. The monoisotopic (exact) mass is 322 g/mol. The molecule has 2 saturated heterocycles. The third-order valence-electron chi connectivity index (χ3n) is 5.27. The summed E-state index contributed by atoms with van der Waals surface area (Å²) in [5.74, 6) is 0.176. The highest BCUT2D eigenvalue weighted by Crippen LogP contribution is 2.38.